The van der Waals surface area contributed by atoms with E-state index in [9.17, 15) is 4.39 Å². The summed E-state index contributed by atoms with van der Waals surface area (Å²) in [7, 11) is 0. The molecule has 0 saturated carbocycles. The third kappa shape index (κ3) is 2.48. The van der Waals surface area contributed by atoms with Gasteiger partial charge in [0, 0.05) is 11.1 Å². The fraction of sp³-hybridized carbons (Fsp3) is 0.143. The number of rotatable bonds is 1. The van der Waals surface area contributed by atoms with E-state index in [1.807, 2.05) is 18.2 Å². The summed E-state index contributed by atoms with van der Waals surface area (Å²) in [5.41, 5.74) is 1.64. The summed E-state index contributed by atoms with van der Waals surface area (Å²) < 4.78 is 19.2. The quantitative estimate of drug-likeness (QED) is 0.825. The maximum absolute atomic E-state index is 13.4. The number of hydrogen-bond donors (Lipinski definition) is 1. The van der Waals surface area contributed by atoms with Crippen LogP contribution >= 0.6 is 23.2 Å². The lowest BCUT2D eigenvalue weighted by Gasteiger charge is -2.28. The zero-order valence-electron chi connectivity index (χ0n) is 9.79. The highest BCUT2D eigenvalue weighted by Gasteiger charge is 2.22. The van der Waals surface area contributed by atoms with Gasteiger partial charge in [0.05, 0.1) is 17.3 Å². The minimum absolute atomic E-state index is 0.0797. The molecule has 98 valence electrons. The van der Waals surface area contributed by atoms with Gasteiger partial charge in [-0.3, -0.25) is 0 Å². The van der Waals surface area contributed by atoms with Crippen LogP contribution in [0.1, 0.15) is 11.7 Å². The maximum atomic E-state index is 13.4. The van der Waals surface area contributed by atoms with Crippen molar-refractivity contribution in [3.8, 4) is 5.75 Å². The second-order valence-electron chi connectivity index (χ2n) is 4.30. The molecule has 0 bridgehead atoms. The number of benzene rings is 2. The Balaban J connectivity index is 1.92. The zero-order chi connectivity index (χ0) is 13.4. The lowest BCUT2D eigenvalue weighted by atomic mass is 10.1. The van der Waals surface area contributed by atoms with E-state index in [2.05, 4.69) is 5.32 Å². The molecule has 1 atom stereocenters. The number of anilines is 1. The van der Waals surface area contributed by atoms with Gasteiger partial charge in [0.25, 0.3) is 0 Å². The van der Waals surface area contributed by atoms with Gasteiger partial charge in [-0.2, -0.15) is 0 Å². The number of fused-ring (bicyclic) bond motifs is 1. The van der Waals surface area contributed by atoms with Gasteiger partial charge in [-0.25, -0.2) is 4.39 Å². The van der Waals surface area contributed by atoms with Crippen LogP contribution in [0.4, 0.5) is 10.1 Å². The fourth-order valence-corrected chi connectivity index (χ4v) is 2.42. The Hall–Kier alpha value is -1.45. The summed E-state index contributed by atoms with van der Waals surface area (Å²) in [5, 5.41) is 3.91. The molecule has 2 aromatic carbocycles. The van der Waals surface area contributed by atoms with Crippen molar-refractivity contribution < 1.29 is 9.13 Å². The van der Waals surface area contributed by atoms with Gasteiger partial charge < -0.3 is 10.1 Å². The summed E-state index contributed by atoms with van der Waals surface area (Å²) in [4.78, 5) is 0. The first kappa shape index (κ1) is 12.6. The Morgan fingerprint density at radius 2 is 2.05 bits per heavy atom. The summed E-state index contributed by atoms with van der Waals surface area (Å²) in [6.45, 7) is 0.579. The molecule has 0 fully saturated rings. The normalized spacial score (nSPS) is 17.3. The van der Waals surface area contributed by atoms with E-state index < -0.39 is 5.82 Å². The van der Waals surface area contributed by atoms with Gasteiger partial charge in [0.1, 0.15) is 17.7 Å². The van der Waals surface area contributed by atoms with Crippen LogP contribution in [0.25, 0.3) is 0 Å². The summed E-state index contributed by atoms with van der Waals surface area (Å²) >= 11 is 11.7. The van der Waals surface area contributed by atoms with Crippen molar-refractivity contribution in [1.29, 1.82) is 0 Å². The summed E-state index contributed by atoms with van der Waals surface area (Å²) in [6.07, 6.45) is -0.202. The van der Waals surface area contributed by atoms with Crippen LogP contribution in [0.15, 0.2) is 36.4 Å². The van der Waals surface area contributed by atoms with Gasteiger partial charge in [0.15, 0.2) is 0 Å². The summed E-state index contributed by atoms with van der Waals surface area (Å²) in [5.74, 6) is -0.0351. The molecule has 1 aliphatic rings. The predicted molar refractivity (Wildman–Crippen MR) is 74.7 cm³/mol. The number of nitrogens with one attached hydrogen (secondary N) is 1. The average molecular weight is 298 g/mol. The molecule has 19 heavy (non-hydrogen) atoms. The lowest BCUT2D eigenvalue weighted by Crippen LogP contribution is -2.23. The molecule has 1 N–H and O–H groups in total. The van der Waals surface area contributed by atoms with Gasteiger partial charge in [-0.1, -0.05) is 35.3 Å². The average Bonchev–Trinajstić information content (AvgIpc) is 2.39. The first-order chi connectivity index (χ1) is 9.13. The number of hydrogen-bond acceptors (Lipinski definition) is 2. The lowest BCUT2D eigenvalue weighted by molar-refractivity contribution is 0.209. The highest BCUT2D eigenvalue weighted by molar-refractivity contribution is 6.31. The molecule has 0 radical (unpaired) electrons. The van der Waals surface area contributed by atoms with Crippen LogP contribution in [0, 0.1) is 5.82 Å². The van der Waals surface area contributed by atoms with Crippen molar-refractivity contribution in [2.75, 3.05) is 11.9 Å². The Morgan fingerprint density at radius 1 is 1.21 bits per heavy atom. The van der Waals surface area contributed by atoms with Crippen molar-refractivity contribution in [3.63, 3.8) is 0 Å². The molecule has 0 saturated heterocycles. The molecule has 2 aromatic rings. The molecule has 0 aliphatic carbocycles. The van der Waals surface area contributed by atoms with Crippen LogP contribution < -0.4 is 10.1 Å². The van der Waals surface area contributed by atoms with E-state index in [-0.39, 0.29) is 11.1 Å². The Kier molecular flexibility index (Phi) is 3.25. The second kappa shape index (κ2) is 4.91. The zero-order valence-corrected chi connectivity index (χ0v) is 11.3. The van der Waals surface area contributed by atoms with Crippen LogP contribution in [0.3, 0.4) is 0 Å². The fourth-order valence-electron chi connectivity index (χ4n) is 2.05. The Labute approximate surface area is 120 Å². The van der Waals surface area contributed by atoms with E-state index in [0.29, 0.717) is 23.0 Å². The second-order valence-corrected chi connectivity index (χ2v) is 5.15. The van der Waals surface area contributed by atoms with Crippen LogP contribution in [-0.2, 0) is 0 Å². The van der Waals surface area contributed by atoms with Gasteiger partial charge in [-0.05, 0) is 23.8 Å². The third-order valence-electron chi connectivity index (χ3n) is 2.99. The van der Waals surface area contributed by atoms with Crippen molar-refractivity contribution in [2.24, 2.45) is 0 Å². The Bertz CT molecular complexity index is 633. The first-order valence-corrected chi connectivity index (χ1v) is 6.54. The van der Waals surface area contributed by atoms with E-state index >= 15 is 0 Å². The minimum atomic E-state index is -0.492. The third-order valence-corrected chi connectivity index (χ3v) is 3.51. The van der Waals surface area contributed by atoms with E-state index in [1.54, 1.807) is 6.07 Å². The van der Waals surface area contributed by atoms with Crippen LogP contribution in [0.5, 0.6) is 5.75 Å². The number of halogens is 3. The van der Waals surface area contributed by atoms with E-state index in [4.69, 9.17) is 27.9 Å². The standard InChI is InChI=1S/C14H10Cl2FNO/c15-9-3-1-2-8(4-9)14-7-18-12-5-10(16)11(17)6-13(12)19-14/h1-6,14,18H,7H2. The molecule has 0 amide bonds. The molecule has 0 aromatic heterocycles. The smallest absolute Gasteiger partial charge is 0.146 e. The molecule has 1 unspecified atom stereocenters. The highest BCUT2D eigenvalue weighted by atomic mass is 35.5. The number of ether oxygens (including phenoxy) is 1. The molecular formula is C14H10Cl2FNO. The molecule has 3 rings (SSSR count). The predicted octanol–water partition coefficient (Wildman–Crippen LogP) is 4.68. The SMILES string of the molecule is Fc1cc2c(cc1Cl)NCC(c1cccc(Cl)c1)O2. The van der Waals surface area contributed by atoms with E-state index in [0.717, 1.165) is 5.56 Å². The summed E-state index contributed by atoms with van der Waals surface area (Å²) in [6, 6.07) is 10.2. The molecule has 1 heterocycles. The largest absolute Gasteiger partial charge is 0.482 e. The van der Waals surface area contributed by atoms with Crippen molar-refractivity contribution in [2.45, 2.75) is 6.10 Å². The first-order valence-electron chi connectivity index (χ1n) is 5.78. The van der Waals surface area contributed by atoms with Crippen LogP contribution in [0.2, 0.25) is 10.0 Å². The molecular weight excluding hydrogens is 288 g/mol. The highest BCUT2D eigenvalue weighted by Crippen LogP contribution is 2.37. The maximum Gasteiger partial charge on any atom is 0.146 e. The van der Waals surface area contributed by atoms with Crippen LogP contribution in [-0.4, -0.2) is 6.54 Å². The van der Waals surface area contributed by atoms with Crippen molar-refractivity contribution >= 4 is 28.9 Å². The minimum Gasteiger partial charge on any atom is -0.482 e. The topological polar surface area (TPSA) is 21.3 Å². The van der Waals surface area contributed by atoms with Crippen molar-refractivity contribution in [3.05, 3.63) is 57.8 Å². The molecule has 5 heteroatoms. The van der Waals surface area contributed by atoms with Gasteiger partial charge >= 0.3 is 0 Å². The van der Waals surface area contributed by atoms with E-state index in [1.165, 1.54) is 12.1 Å². The van der Waals surface area contributed by atoms with Gasteiger partial charge in [-0.15, -0.1) is 0 Å². The monoisotopic (exact) mass is 297 g/mol. The van der Waals surface area contributed by atoms with Crippen molar-refractivity contribution in [1.82, 2.24) is 0 Å². The Morgan fingerprint density at radius 3 is 2.84 bits per heavy atom. The molecule has 0 spiro atoms. The van der Waals surface area contributed by atoms with Gasteiger partial charge in [0.2, 0.25) is 0 Å². The molecule has 1 aliphatic heterocycles. The molecule has 2 nitrogen and oxygen atoms in total.